The van der Waals surface area contributed by atoms with Gasteiger partial charge in [-0.05, 0) is 107 Å². The second kappa shape index (κ2) is 28.0. The number of hydrogen-bond donors (Lipinski definition) is 2. The van der Waals surface area contributed by atoms with Gasteiger partial charge in [0.1, 0.15) is 18.2 Å². The number of rotatable bonds is 10. The number of carbonyl (C=O) groups is 5. The van der Waals surface area contributed by atoms with Gasteiger partial charge in [-0.2, -0.15) is 0 Å². The van der Waals surface area contributed by atoms with Crippen LogP contribution in [0.3, 0.4) is 0 Å². The van der Waals surface area contributed by atoms with Gasteiger partial charge in [0.05, 0.1) is 30.5 Å². The van der Waals surface area contributed by atoms with Crippen LogP contribution in [0, 0.1) is 35.5 Å². The van der Waals surface area contributed by atoms with Crippen molar-refractivity contribution < 1.29 is 67.0 Å². The zero-order valence-electron chi connectivity index (χ0n) is 44.8. The molecule has 71 heavy (non-hydrogen) atoms. The molecule has 15 atom stereocenters. The fourth-order valence-corrected chi connectivity index (χ4v) is 12.3. The molecule has 1 saturated carbocycles. The minimum absolute atomic E-state index is 0.0139. The van der Waals surface area contributed by atoms with E-state index in [2.05, 4.69) is 0 Å². The average molecular weight is 1020 g/mol. The van der Waals surface area contributed by atoms with Crippen LogP contribution in [-0.2, 0) is 56.7 Å². The number of aliphatic hydroxyl groups is 2. The molecule has 2 N–H and O–H groups in total. The van der Waals surface area contributed by atoms with E-state index in [9.17, 15) is 38.8 Å². The first-order chi connectivity index (χ1) is 33.6. The lowest BCUT2D eigenvalue weighted by molar-refractivity contribution is -0.265. The van der Waals surface area contributed by atoms with E-state index in [1.807, 2.05) is 71.9 Å². The van der Waals surface area contributed by atoms with Crippen molar-refractivity contribution in [1.29, 1.82) is 0 Å². The van der Waals surface area contributed by atoms with E-state index < -0.39 is 85.1 Å². The third kappa shape index (κ3) is 16.2. The summed E-state index contributed by atoms with van der Waals surface area (Å²) in [7, 11) is 1.77. The number of amides is 1. The summed E-state index contributed by atoms with van der Waals surface area (Å²) < 4.78 is 49.4. The number of methoxy groups -OCH3 is 3. The van der Waals surface area contributed by atoms with Crippen molar-refractivity contribution in [3.63, 3.8) is 0 Å². The van der Waals surface area contributed by atoms with Gasteiger partial charge < -0.3 is 43.3 Å². The molecular weight excluding hydrogens is 930 g/mol. The van der Waals surface area contributed by atoms with E-state index >= 15 is 0 Å². The monoisotopic (exact) mass is 1020 g/mol. The Bertz CT molecular complexity index is 1970. The fourth-order valence-electron chi connectivity index (χ4n) is 10.9. The molecule has 2 saturated heterocycles. The molecule has 3 heterocycles. The zero-order valence-corrected chi connectivity index (χ0v) is 45.7. The number of piperidine rings is 1. The van der Waals surface area contributed by atoms with Crippen LogP contribution in [0.25, 0.3) is 0 Å². The first kappa shape index (κ1) is 60.4. The summed E-state index contributed by atoms with van der Waals surface area (Å²) in [5, 5.41) is 23.5. The molecule has 15 nitrogen and oxygen atoms in total. The van der Waals surface area contributed by atoms with Crippen LogP contribution in [0.4, 0.5) is 0 Å². The molecule has 2 bridgehead atoms. The van der Waals surface area contributed by atoms with Crippen molar-refractivity contribution in [2.75, 3.05) is 40.2 Å². The third-order valence-corrected chi connectivity index (χ3v) is 18.3. The Hall–Kier alpha value is -3.14. The van der Waals surface area contributed by atoms with E-state index in [1.165, 1.54) is 12.0 Å². The summed E-state index contributed by atoms with van der Waals surface area (Å²) in [5.74, 6) is -8.08. The van der Waals surface area contributed by atoms with Crippen molar-refractivity contribution in [2.24, 2.45) is 35.5 Å². The first-order valence-electron chi connectivity index (χ1n) is 26.3. The molecule has 4 rings (SSSR count). The van der Waals surface area contributed by atoms with Gasteiger partial charge in [-0.25, -0.2) is 4.79 Å². The molecular formula is C55H88NO14P. The van der Waals surface area contributed by atoms with Crippen LogP contribution in [0.2, 0.25) is 0 Å². The number of fused-ring (bicyclic) bond motifs is 3. The quantitative estimate of drug-likeness (QED) is 0.120. The lowest BCUT2D eigenvalue weighted by atomic mass is 9.78. The molecule has 0 spiro atoms. The van der Waals surface area contributed by atoms with Crippen LogP contribution in [0.1, 0.15) is 139 Å². The number of aliphatic hydroxyl groups excluding tert-OH is 1. The van der Waals surface area contributed by atoms with Gasteiger partial charge in [-0.3, -0.25) is 23.7 Å². The average Bonchev–Trinajstić information content (AvgIpc) is 3.35. The zero-order chi connectivity index (χ0) is 52.8. The van der Waals surface area contributed by atoms with E-state index in [0.717, 1.165) is 12.0 Å². The molecule has 3 fully saturated rings. The largest absolute Gasteiger partial charge is 0.460 e. The highest BCUT2D eigenvalue weighted by atomic mass is 31.2. The van der Waals surface area contributed by atoms with E-state index in [-0.39, 0.29) is 60.9 Å². The molecule has 2 unspecified atom stereocenters. The second-order valence-electron chi connectivity index (χ2n) is 21.1. The Labute approximate surface area is 424 Å². The number of allylic oxidation sites excluding steroid dienone is 6. The predicted octanol–water partition coefficient (Wildman–Crippen LogP) is 8.52. The van der Waals surface area contributed by atoms with Crippen molar-refractivity contribution in [2.45, 2.75) is 194 Å². The number of hydrogen-bond acceptors (Lipinski definition) is 14. The summed E-state index contributed by atoms with van der Waals surface area (Å²) in [6.45, 7) is 16.5. The molecule has 0 aromatic rings. The Morgan fingerprint density at radius 1 is 0.859 bits per heavy atom. The Balaban J connectivity index is 1.70. The molecule has 16 heteroatoms. The number of ketones is 3. The first-order valence-corrected chi connectivity index (χ1v) is 28.3. The highest BCUT2D eigenvalue weighted by molar-refractivity contribution is 7.58. The minimum atomic E-state index is -2.81. The fraction of sp³-hybridized carbons (Fsp3) is 0.764. The van der Waals surface area contributed by atoms with Gasteiger partial charge >= 0.3 is 5.97 Å². The Kier molecular flexibility index (Phi) is 23.8. The summed E-state index contributed by atoms with van der Waals surface area (Å²) >= 11 is 0. The predicted molar refractivity (Wildman–Crippen MR) is 273 cm³/mol. The molecule has 0 aromatic heterocycles. The topological polar surface area (TPSA) is 201 Å². The highest BCUT2D eigenvalue weighted by Gasteiger charge is 2.53. The van der Waals surface area contributed by atoms with Gasteiger partial charge in [0.25, 0.3) is 11.7 Å². The van der Waals surface area contributed by atoms with Crippen LogP contribution >= 0.6 is 7.37 Å². The molecule has 0 radical (unpaired) electrons. The number of carbonyl (C=O) groups excluding carboxylic acids is 5. The van der Waals surface area contributed by atoms with Gasteiger partial charge in [0, 0.05) is 70.8 Å². The molecule has 3 aliphatic heterocycles. The van der Waals surface area contributed by atoms with Crippen molar-refractivity contribution in [3.8, 4) is 0 Å². The number of cyclic esters (lactones) is 1. The van der Waals surface area contributed by atoms with Crippen molar-refractivity contribution >= 4 is 36.6 Å². The molecule has 1 amide bonds. The maximum Gasteiger partial charge on any atom is 0.329 e. The minimum Gasteiger partial charge on any atom is -0.460 e. The molecule has 4 aliphatic rings. The highest BCUT2D eigenvalue weighted by Crippen LogP contribution is 2.50. The number of esters is 1. The smallest absolute Gasteiger partial charge is 0.329 e. The second-order valence-corrected chi connectivity index (χ2v) is 24.2. The molecule has 402 valence electrons. The lowest BCUT2D eigenvalue weighted by Gasteiger charge is -2.42. The third-order valence-electron chi connectivity index (χ3n) is 15.8. The van der Waals surface area contributed by atoms with Crippen LogP contribution in [0.15, 0.2) is 47.6 Å². The van der Waals surface area contributed by atoms with Gasteiger partial charge in [0.15, 0.2) is 11.6 Å². The van der Waals surface area contributed by atoms with Gasteiger partial charge in [-0.1, -0.05) is 84.9 Å². The normalized spacial score (nSPS) is 35.9. The van der Waals surface area contributed by atoms with Crippen LogP contribution < -0.4 is 0 Å². The summed E-state index contributed by atoms with van der Waals surface area (Å²) in [4.78, 5) is 72.4. The van der Waals surface area contributed by atoms with Gasteiger partial charge in [-0.15, -0.1) is 0 Å². The van der Waals surface area contributed by atoms with Crippen LogP contribution in [0.5, 0.6) is 0 Å². The van der Waals surface area contributed by atoms with Crippen LogP contribution in [-0.4, -0.2) is 139 Å². The van der Waals surface area contributed by atoms with E-state index in [0.29, 0.717) is 75.7 Å². The van der Waals surface area contributed by atoms with Crippen molar-refractivity contribution in [3.05, 3.63) is 47.6 Å². The maximum atomic E-state index is 14.5. The molecule has 1 aliphatic carbocycles. The Morgan fingerprint density at radius 2 is 1.56 bits per heavy atom. The molecule has 0 aromatic carbocycles. The van der Waals surface area contributed by atoms with E-state index in [4.69, 9.17) is 28.2 Å². The summed E-state index contributed by atoms with van der Waals surface area (Å²) in [6.07, 6.45) is 12.3. The Morgan fingerprint density at radius 3 is 2.21 bits per heavy atom. The van der Waals surface area contributed by atoms with Crippen molar-refractivity contribution in [1.82, 2.24) is 4.90 Å². The standard InChI is InChI=1S/C55H88NO14P/c1-13-71(64,14-2)70-45-26-24-41(31-48(45)66-11)30-37(6)47-33-44(57)36(5)29-39(8)50(59)51(67-12)49(58)38(7)28-34(3)20-16-15-17-21-35(4)46(65-10)32-42-25-23-40(9)55(63,69-42)52(60)53(61)56-27-19-18-22-43(56)54(62)68-47/h15-17,20-21,29,34,37-43,45-48,50-51,59,63H,13-14,18-19,22-28,30-33H2,1-12H3/t34-,37-,38-,39?,40-,41+,42+,43?,45-,46+,47+,48-,50-,51+,55-/m1/s1. The van der Waals surface area contributed by atoms with E-state index in [1.54, 1.807) is 41.1 Å². The number of ether oxygens (including phenoxy) is 5. The number of Topliss-reactive ketones (excluding diaryl/α,β-unsaturated/α-hetero) is 3. The maximum absolute atomic E-state index is 14.5. The van der Waals surface area contributed by atoms with Gasteiger partial charge in [0.2, 0.25) is 13.2 Å². The SMILES string of the molecule is CCP(=O)(CC)O[C@@H]1CC[C@@H](C[C@@H](C)[C@@H]2CC(=O)C(C)=CC(C)[C@@H](O)[C@@H](OC)C(=O)[C@H](C)C[C@H](C)C=CC=CC=C(C)[C@@H](OC)C[C@@H]3CC[C@@H](C)[C@@](O)(O3)C(=O)C(=O)N3CCCCC3C(=O)O2)C[C@H]1OC. The summed E-state index contributed by atoms with van der Waals surface area (Å²) in [5.41, 5.74) is 1.18. The lowest BCUT2D eigenvalue weighted by Crippen LogP contribution is -2.61. The summed E-state index contributed by atoms with van der Waals surface area (Å²) in [6, 6.07) is -1.16. The number of nitrogens with zero attached hydrogens (tertiary/aromatic N) is 1.